The molecule has 0 bridgehead atoms. The number of hydrogen-bond donors (Lipinski definition) is 2. The van der Waals surface area contributed by atoms with Crippen molar-refractivity contribution in [3.05, 3.63) is 59.9 Å². The molecule has 5 rings (SSSR count). The van der Waals surface area contributed by atoms with Gasteiger partial charge in [0.05, 0.1) is 46.2 Å². The Morgan fingerprint density at radius 2 is 1.92 bits per heavy atom. The quantitative estimate of drug-likeness (QED) is 0.379. The number of pyridine rings is 1. The Morgan fingerprint density at radius 3 is 2.61 bits per heavy atom. The van der Waals surface area contributed by atoms with Crippen LogP contribution < -0.4 is 11.1 Å². The van der Waals surface area contributed by atoms with Crippen LogP contribution in [0.3, 0.4) is 0 Å². The maximum Gasteiger partial charge on any atom is 0.256 e. The summed E-state index contributed by atoms with van der Waals surface area (Å²) in [5.74, 6) is 7.60. The standard InChI is InChI=1S/C24H25N9O2S/c1-15(2)21-22(25)17(5-4-16-10-28-32(3)13-16)11-27-24(21)31-20-8-9-26-23(30-20)18-12-29-33(14-18)36(34,35)19-6-7-19/h8-15,19H,6-7H2,1-3H3,(H3,25,26,27,30,31). The second kappa shape index (κ2) is 9.09. The van der Waals surface area contributed by atoms with E-state index in [-0.39, 0.29) is 11.2 Å². The first-order valence-electron chi connectivity index (χ1n) is 11.4. The SMILES string of the molecule is CC(C)c1c(Nc2ccnc(-c3cnn(S(=O)(=O)C4CC4)c3)n2)ncc(C#Cc2cnn(C)c2)c1N. The molecule has 0 saturated heterocycles. The van der Waals surface area contributed by atoms with Gasteiger partial charge in [0.25, 0.3) is 10.0 Å². The summed E-state index contributed by atoms with van der Waals surface area (Å²) in [6.45, 7) is 4.05. The number of hydrogen-bond acceptors (Lipinski definition) is 9. The number of nitrogens with two attached hydrogens (primary N) is 1. The van der Waals surface area contributed by atoms with E-state index in [9.17, 15) is 8.42 Å². The van der Waals surface area contributed by atoms with E-state index in [4.69, 9.17) is 5.73 Å². The second-order valence-corrected chi connectivity index (χ2v) is 11.0. The molecule has 0 unspecified atom stereocenters. The molecule has 1 fully saturated rings. The molecular weight excluding hydrogens is 478 g/mol. The van der Waals surface area contributed by atoms with Crippen LogP contribution in [-0.4, -0.2) is 47.6 Å². The molecule has 1 saturated carbocycles. The minimum atomic E-state index is -3.46. The number of anilines is 3. The van der Waals surface area contributed by atoms with Crippen LogP contribution in [0.25, 0.3) is 11.4 Å². The number of aromatic nitrogens is 7. The summed E-state index contributed by atoms with van der Waals surface area (Å²) in [6.07, 6.45) is 10.9. The number of nitrogen functional groups attached to an aromatic ring is 1. The Labute approximate surface area is 208 Å². The Bertz CT molecular complexity index is 1610. The van der Waals surface area contributed by atoms with Gasteiger partial charge in [-0.25, -0.2) is 23.4 Å². The molecule has 0 spiro atoms. The Hall–Kier alpha value is -4.24. The van der Waals surface area contributed by atoms with Crippen molar-refractivity contribution in [2.24, 2.45) is 7.05 Å². The fourth-order valence-corrected chi connectivity index (χ4v) is 5.19. The first kappa shape index (κ1) is 23.5. The van der Waals surface area contributed by atoms with Crippen molar-refractivity contribution >= 4 is 27.3 Å². The van der Waals surface area contributed by atoms with Gasteiger partial charge in [0, 0.05) is 31.2 Å². The molecule has 4 aromatic heterocycles. The molecule has 184 valence electrons. The average molecular weight is 504 g/mol. The number of aryl methyl sites for hydroxylation is 1. The van der Waals surface area contributed by atoms with Crippen LogP contribution in [0, 0.1) is 11.8 Å². The van der Waals surface area contributed by atoms with Gasteiger partial charge >= 0.3 is 0 Å². The lowest BCUT2D eigenvalue weighted by Gasteiger charge is -2.17. The van der Waals surface area contributed by atoms with Crippen LogP contribution >= 0.6 is 0 Å². The molecule has 0 amide bonds. The molecule has 11 nitrogen and oxygen atoms in total. The van der Waals surface area contributed by atoms with E-state index in [1.54, 1.807) is 29.3 Å². The molecule has 0 radical (unpaired) electrons. The lowest BCUT2D eigenvalue weighted by atomic mass is 9.99. The van der Waals surface area contributed by atoms with Crippen LogP contribution in [0.15, 0.2) is 43.2 Å². The van der Waals surface area contributed by atoms with E-state index < -0.39 is 10.0 Å². The van der Waals surface area contributed by atoms with Gasteiger partial charge in [0.1, 0.15) is 11.6 Å². The topological polar surface area (TPSA) is 146 Å². The summed E-state index contributed by atoms with van der Waals surface area (Å²) in [4.78, 5) is 13.4. The smallest absolute Gasteiger partial charge is 0.256 e. The maximum absolute atomic E-state index is 12.4. The van der Waals surface area contributed by atoms with Gasteiger partial charge in [-0.05, 0) is 24.8 Å². The van der Waals surface area contributed by atoms with Gasteiger partial charge in [-0.2, -0.15) is 14.3 Å². The van der Waals surface area contributed by atoms with Gasteiger partial charge in [-0.1, -0.05) is 25.7 Å². The largest absolute Gasteiger partial charge is 0.397 e. The molecule has 0 aromatic carbocycles. The predicted molar refractivity (Wildman–Crippen MR) is 136 cm³/mol. The minimum Gasteiger partial charge on any atom is -0.397 e. The highest BCUT2D eigenvalue weighted by atomic mass is 32.2. The summed E-state index contributed by atoms with van der Waals surface area (Å²) >= 11 is 0. The highest BCUT2D eigenvalue weighted by molar-refractivity contribution is 7.90. The van der Waals surface area contributed by atoms with Crippen molar-refractivity contribution < 1.29 is 8.42 Å². The van der Waals surface area contributed by atoms with E-state index in [1.807, 2.05) is 27.1 Å². The van der Waals surface area contributed by atoms with Gasteiger partial charge < -0.3 is 11.1 Å². The molecule has 1 aliphatic carbocycles. The fourth-order valence-electron chi connectivity index (χ4n) is 3.72. The highest BCUT2D eigenvalue weighted by Crippen LogP contribution is 2.33. The van der Waals surface area contributed by atoms with Crippen LogP contribution in [0.5, 0.6) is 0 Å². The number of rotatable bonds is 6. The molecule has 4 aromatic rings. The zero-order chi connectivity index (χ0) is 25.4. The predicted octanol–water partition coefficient (Wildman–Crippen LogP) is 2.66. The third-order valence-corrected chi connectivity index (χ3v) is 7.74. The second-order valence-electron chi connectivity index (χ2n) is 8.89. The Balaban J connectivity index is 1.42. The summed E-state index contributed by atoms with van der Waals surface area (Å²) in [6, 6.07) is 1.70. The monoisotopic (exact) mass is 503 g/mol. The van der Waals surface area contributed by atoms with Crippen LogP contribution in [-0.2, 0) is 17.1 Å². The Kier molecular flexibility index (Phi) is 5.93. The van der Waals surface area contributed by atoms with Gasteiger partial charge in [0.2, 0.25) is 0 Å². The lowest BCUT2D eigenvalue weighted by molar-refractivity contribution is 0.578. The Morgan fingerprint density at radius 1 is 1.11 bits per heavy atom. The molecule has 12 heteroatoms. The van der Waals surface area contributed by atoms with Crippen LogP contribution in [0.4, 0.5) is 17.3 Å². The molecule has 1 aliphatic rings. The number of nitrogens with one attached hydrogen (secondary N) is 1. The highest BCUT2D eigenvalue weighted by Gasteiger charge is 2.37. The first-order chi connectivity index (χ1) is 17.2. The normalized spacial score (nSPS) is 13.4. The molecular formula is C24H25N9O2S. The molecule has 4 heterocycles. The van der Waals surface area contributed by atoms with E-state index in [1.165, 1.54) is 12.4 Å². The van der Waals surface area contributed by atoms with Crippen LogP contribution in [0.1, 0.15) is 49.3 Å². The minimum absolute atomic E-state index is 0.0623. The van der Waals surface area contributed by atoms with E-state index in [0.29, 0.717) is 47.1 Å². The first-order valence-corrected chi connectivity index (χ1v) is 12.9. The van der Waals surface area contributed by atoms with Gasteiger partial charge in [0.15, 0.2) is 5.82 Å². The van der Waals surface area contributed by atoms with Crippen molar-refractivity contribution in [2.75, 3.05) is 11.1 Å². The summed E-state index contributed by atoms with van der Waals surface area (Å²) in [5, 5.41) is 11.0. The van der Waals surface area contributed by atoms with E-state index in [0.717, 1.165) is 15.2 Å². The molecule has 3 N–H and O–H groups in total. The molecule has 36 heavy (non-hydrogen) atoms. The lowest BCUT2D eigenvalue weighted by Crippen LogP contribution is -2.17. The van der Waals surface area contributed by atoms with Crippen molar-refractivity contribution in [3.63, 3.8) is 0 Å². The van der Waals surface area contributed by atoms with E-state index in [2.05, 4.69) is 42.3 Å². The fraction of sp³-hybridized carbons (Fsp3) is 0.292. The molecule has 0 aliphatic heterocycles. The average Bonchev–Trinajstić information content (AvgIpc) is 3.44. The third-order valence-electron chi connectivity index (χ3n) is 5.71. The zero-order valence-corrected chi connectivity index (χ0v) is 20.9. The van der Waals surface area contributed by atoms with Crippen molar-refractivity contribution in [1.29, 1.82) is 0 Å². The summed E-state index contributed by atoms with van der Waals surface area (Å²) in [7, 11) is -1.63. The zero-order valence-electron chi connectivity index (χ0n) is 20.0. The van der Waals surface area contributed by atoms with E-state index >= 15 is 0 Å². The van der Waals surface area contributed by atoms with Crippen LogP contribution in [0.2, 0.25) is 0 Å². The van der Waals surface area contributed by atoms with Gasteiger partial charge in [-0.3, -0.25) is 4.68 Å². The number of nitrogens with zero attached hydrogens (tertiary/aromatic N) is 7. The van der Waals surface area contributed by atoms with Gasteiger partial charge in [-0.15, -0.1) is 0 Å². The maximum atomic E-state index is 12.4. The van der Waals surface area contributed by atoms with Crippen molar-refractivity contribution in [2.45, 2.75) is 37.9 Å². The van der Waals surface area contributed by atoms with Crippen molar-refractivity contribution in [3.8, 4) is 23.2 Å². The summed E-state index contributed by atoms with van der Waals surface area (Å²) in [5.41, 5.74) is 9.77. The van der Waals surface area contributed by atoms with Crippen molar-refractivity contribution in [1.82, 2.24) is 33.9 Å². The third kappa shape index (κ3) is 4.65. The summed E-state index contributed by atoms with van der Waals surface area (Å²) < 4.78 is 27.6. The molecule has 0 atom stereocenters.